The van der Waals surface area contributed by atoms with Gasteiger partial charge in [0, 0.05) is 44.0 Å². The number of carbonyl (C=O) groups is 1. The molecule has 6 nitrogen and oxygen atoms in total. The second-order valence-electron chi connectivity index (χ2n) is 5.63. The second kappa shape index (κ2) is 8.42. The molecule has 0 aliphatic carbocycles. The van der Waals surface area contributed by atoms with E-state index < -0.39 is 0 Å². The summed E-state index contributed by atoms with van der Waals surface area (Å²) in [5.74, 6) is -0.0873. The van der Waals surface area contributed by atoms with Crippen LogP contribution in [0.1, 0.15) is 5.56 Å². The molecule has 0 radical (unpaired) electrons. The Morgan fingerprint density at radius 3 is 2.83 bits per heavy atom. The topological polar surface area (TPSA) is 59.4 Å². The molecule has 3 rings (SSSR count). The average Bonchev–Trinajstić information content (AvgIpc) is 3.11. The zero-order valence-corrected chi connectivity index (χ0v) is 13.6. The molecule has 6 heteroatoms. The molecule has 2 heterocycles. The predicted molar refractivity (Wildman–Crippen MR) is 92.9 cm³/mol. The largest absolute Gasteiger partial charge is 0.379 e. The minimum absolute atomic E-state index is 0.0873. The van der Waals surface area contributed by atoms with Crippen molar-refractivity contribution in [3.05, 3.63) is 54.4 Å². The molecule has 0 atom stereocenters. The maximum atomic E-state index is 11.9. The smallest absolute Gasteiger partial charge is 0.244 e. The van der Waals surface area contributed by atoms with Crippen LogP contribution in [0.5, 0.6) is 0 Å². The maximum Gasteiger partial charge on any atom is 0.244 e. The highest BCUT2D eigenvalue weighted by Gasteiger charge is 2.09. The van der Waals surface area contributed by atoms with Gasteiger partial charge in [0.2, 0.25) is 5.91 Å². The van der Waals surface area contributed by atoms with Crippen molar-refractivity contribution in [2.24, 2.45) is 0 Å². The monoisotopic (exact) mass is 326 g/mol. The Morgan fingerprint density at radius 1 is 1.25 bits per heavy atom. The number of benzene rings is 1. The van der Waals surface area contributed by atoms with Gasteiger partial charge in [-0.15, -0.1) is 0 Å². The first-order chi connectivity index (χ1) is 11.8. The summed E-state index contributed by atoms with van der Waals surface area (Å²) in [6.45, 7) is 4.93. The van der Waals surface area contributed by atoms with Gasteiger partial charge in [-0.2, -0.15) is 5.10 Å². The van der Waals surface area contributed by atoms with Crippen LogP contribution in [-0.2, 0) is 9.53 Å². The van der Waals surface area contributed by atoms with Crippen molar-refractivity contribution in [1.29, 1.82) is 0 Å². The van der Waals surface area contributed by atoms with Crippen molar-refractivity contribution >= 4 is 12.0 Å². The quantitative estimate of drug-likeness (QED) is 0.814. The van der Waals surface area contributed by atoms with Crippen molar-refractivity contribution in [1.82, 2.24) is 20.0 Å². The van der Waals surface area contributed by atoms with Gasteiger partial charge in [-0.3, -0.25) is 9.69 Å². The number of hydrogen-bond donors (Lipinski definition) is 1. The molecule has 126 valence electrons. The minimum Gasteiger partial charge on any atom is -0.379 e. The molecule has 1 amide bonds. The first kappa shape index (κ1) is 16.4. The SMILES string of the molecule is O=C(/C=C/c1cnn(-c2ccccc2)c1)NCCN1CCOCC1. The van der Waals surface area contributed by atoms with Gasteiger partial charge in [-0.25, -0.2) is 4.68 Å². The third kappa shape index (κ3) is 4.78. The summed E-state index contributed by atoms with van der Waals surface area (Å²) in [5, 5.41) is 7.21. The van der Waals surface area contributed by atoms with Crippen molar-refractivity contribution in [3.63, 3.8) is 0 Å². The molecule has 1 aliphatic rings. The van der Waals surface area contributed by atoms with Gasteiger partial charge in [0.05, 0.1) is 25.1 Å². The van der Waals surface area contributed by atoms with Gasteiger partial charge in [0.1, 0.15) is 0 Å². The normalized spacial score (nSPS) is 15.7. The van der Waals surface area contributed by atoms with Crippen LogP contribution in [0.3, 0.4) is 0 Å². The zero-order valence-electron chi connectivity index (χ0n) is 13.6. The van der Waals surface area contributed by atoms with E-state index in [1.165, 1.54) is 0 Å². The summed E-state index contributed by atoms with van der Waals surface area (Å²) in [4.78, 5) is 14.2. The van der Waals surface area contributed by atoms with Crippen LogP contribution in [0.2, 0.25) is 0 Å². The Morgan fingerprint density at radius 2 is 2.04 bits per heavy atom. The first-order valence-electron chi connectivity index (χ1n) is 8.17. The maximum absolute atomic E-state index is 11.9. The fourth-order valence-corrected chi connectivity index (χ4v) is 2.54. The number of carbonyl (C=O) groups excluding carboxylic acids is 1. The Balaban J connectivity index is 1.45. The van der Waals surface area contributed by atoms with E-state index in [1.54, 1.807) is 23.0 Å². The van der Waals surface area contributed by atoms with Crippen LogP contribution < -0.4 is 5.32 Å². The highest BCUT2D eigenvalue weighted by molar-refractivity contribution is 5.91. The number of para-hydroxylation sites is 1. The lowest BCUT2D eigenvalue weighted by atomic mass is 10.3. The van der Waals surface area contributed by atoms with Gasteiger partial charge in [0.15, 0.2) is 0 Å². The third-order valence-corrected chi connectivity index (χ3v) is 3.88. The number of hydrogen-bond acceptors (Lipinski definition) is 4. The van der Waals surface area contributed by atoms with Gasteiger partial charge in [-0.1, -0.05) is 18.2 Å². The van der Waals surface area contributed by atoms with Crippen LogP contribution in [-0.4, -0.2) is 60.0 Å². The summed E-state index contributed by atoms with van der Waals surface area (Å²) in [7, 11) is 0. The van der Waals surface area contributed by atoms with Crippen LogP contribution in [0.25, 0.3) is 11.8 Å². The molecule has 0 bridgehead atoms. The van der Waals surface area contributed by atoms with E-state index in [0.29, 0.717) is 6.54 Å². The lowest BCUT2D eigenvalue weighted by molar-refractivity contribution is -0.116. The van der Waals surface area contributed by atoms with E-state index in [2.05, 4.69) is 15.3 Å². The van der Waals surface area contributed by atoms with Gasteiger partial charge in [-0.05, 0) is 18.2 Å². The Labute approximate surface area is 141 Å². The standard InChI is InChI=1S/C18H22N4O2/c23-18(19-8-9-21-10-12-24-13-11-21)7-6-16-14-20-22(15-16)17-4-2-1-3-5-17/h1-7,14-15H,8-13H2,(H,19,23)/b7-6+. The zero-order chi connectivity index (χ0) is 16.6. The Hall–Kier alpha value is -2.44. The van der Waals surface area contributed by atoms with Crippen LogP contribution in [0.15, 0.2) is 48.8 Å². The molecule has 0 saturated carbocycles. The van der Waals surface area contributed by atoms with E-state index in [9.17, 15) is 4.79 Å². The number of ether oxygens (including phenoxy) is 1. The number of aromatic nitrogens is 2. The van der Waals surface area contributed by atoms with Crippen molar-refractivity contribution in [2.75, 3.05) is 39.4 Å². The van der Waals surface area contributed by atoms with Crippen molar-refractivity contribution in [2.45, 2.75) is 0 Å². The molecule has 0 spiro atoms. The second-order valence-corrected chi connectivity index (χ2v) is 5.63. The van der Waals surface area contributed by atoms with Crippen molar-refractivity contribution in [3.8, 4) is 5.69 Å². The lowest BCUT2D eigenvalue weighted by Gasteiger charge is -2.26. The van der Waals surface area contributed by atoms with Gasteiger partial charge in [0.25, 0.3) is 0 Å². The number of morpholine rings is 1. The molecule has 0 unspecified atom stereocenters. The molecule has 1 saturated heterocycles. The highest BCUT2D eigenvalue weighted by atomic mass is 16.5. The van der Waals surface area contributed by atoms with Crippen molar-refractivity contribution < 1.29 is 9.53 Å². The van der Waals surface area contributed by atoms with E-state index >= 15 is 0 Å². The lowest BCUT2D eigenvalue weighted by Crippen LogP contribution is -2.41. The molecule has 1 aliphatic heterocycles. The van der Waals surface area contributed by atoms with Gasteiger partial charge >= 0.3 is 0 Å². The minimum atomic E-state index is -0.0873. The first-order valence-corrected chi connectivity index (χ1v) is 8.17. The summed E-state index contributed by atoms with van der Waals surface area (Å²) in [6, 6.07) is 9.87. The molecule has 1 aromatic carbocycles. The fraction of sp³-hybridized carbons (Fsp3) is 0.333. The Kier molecular flexibility index (Phi) is 5.76. The third-order valence-electron chi connectivity index (χ3n) is 3.88. The fourth-order valence-electron chi connectivity index (χ4n) is 2.54. The summed E-state index contributed by atoms with van der Waals surface area (Å²) >= 11 is 0. The van der Waals surface area contributed by atoms with E-state index in [4.69, 9.17) is 4.74 Å². The molecular formula is C18H22N4O2. The molecule has 1 N–H and O–H groups in total. The molecule has 2 aromatic rings. The number of rotatable bonds is 6. The Bertz CT molecular complexity index is 675. The average molecular weight is 326 g/mol. The van der Waals surface area contributed by atoms with Crippen LogP contribution >= 0.6 is 0 Å². The summed E-state index contributed by atoms with van der Waals surface area (Å²) in [6.07, 6.45) is 6.96. The van der Waals surface area contributed by atoms with E-state index in [0.717, 1.165) is 44.1 Å². The van der Waals surface area contributed by atoms with Crippen LogP contribution in [0.4, 0.5) is 0 Å². The molecule has 24 heavy (non-hydrogen) atoms. The van der Waals surface area contributed by atoms with Gasteiger partial charge < -0.3 is 10.1 Å². The highest BCUT2D eigenvalue weighted by Crippen LogP contribution is 2.08. The predicted octanol–water partition coefficient (Wildman–Crippen LogP) is 1.33. The van der Waals surface area contributed by atoms with Crippen LogP contribution in [0, 0.1) is 0 Å². The van der Waals surface area contributed by atoms with E-state index in [1.807, 2.05) is 36.5 Å². The number of amides is 1. The summed E-state index contributed by atoms with van der Waals surface area (Å²) in [5.41, 5.74) is 1.88. The molecular weight excluding hydrogens is 304 g/mol. The molecule has 1 aromatic heterocycles. The molecule has 1 fully saturated rings. The number of nitrogens with one attached hydrogen (secondary N) is 1. The van der Waals surface area contributed by atoms with E-state index in [-0.39, 0.29) is 5.91 Å². The number of nitrogens with zero attached hydrogens (tertiary/aromatic N) is 3. The summed E-state index contributed by atoms with van der Waals surface area (Å²) < 4.78 is 7.09.